The molecule has 1 saturated carbocycles. The molecular formula is C30H46OS. The molecule has 178 valence electrons. The van der Waals surface area contributed by atoms with Crippen LogP contribution in [0.1, 0.15) is 94.0 Å². The third-order valence-electron chi connectivity index (χ3n) is 5.51. The van der Waals surface area contributed by atoms with Crippen molar-refractivity contribution < 1.29 is 5.11 Å². The van der Waals surface area contributed by atoms with Gasteiger partial charge in [-0.25, -0.2) is 0 Å². The number of rotatable bonds is 2. The maximum atomic E-state index is 9.47. The molecular weight excluding hydrogens is 408 g/mol. The van der Waals surface area contributed by atoms with E-state index in [2.05, 4.69) is 71.2 Å². The summed E-state index contributed by atoms with van der Waals surface area (Å²) in [6.07, 6.45) is 11.9. The van der Waals surface area contributed by atoms with Gasteiger partial charge in [-0.05, 0) is 92.8 Å². The van der Waals surface area contributed by atoms with Crippen LogP contribution in [0.2, 0.25) is 0 Å². The second-order valence-electron chi connectivity index (χ2n) is 8.61. The Balaban J connectivity index is 0.000000438. The highest BCUT2D eigenvalue weighted by atomic mass is 32.1. The minimum Gasteiger partial charge on any atom is -0.508 e. The number of thiol groups is 1. The van der Waals surface area contributed by atoms with Crippen molar-refractivity contribution in [2.45, 2.75) is 93.4 Å². The van der Waals surface area contributed by atoms with Crippen molar-refractivity contribution in [2.24, 2.45) is 0 Å². The molecule has 0 amide bonds. The van der Waals surface area contributed by atoms with E-state index in [1.807, 2.05) is 32.9 Å². The third kappa shape index (κ3) is 14.2. The van der Waals surface area contributed by atoms with E-state index < -0.39 is 0 Å². The monoisotopic (exact) mass is 454 g/mol. The first-order chi connectivity index (χ1) is 15.1. The molecule has 0 saturated heterocycles. The Morgan fingerprint density at radius 1 is 0.906 bits per heavy atom. The second-order valence-corrected chi connectivity index (χ2v) is 9.38. The Hall–Kier alpha value is -1.93. The number of hydrogen-bond acceptors (Lipinski definition) is 2. The maximum absolute atomic E-state index is 9.47. The zero-order valence-electron chi connectivity index (χ0n) is 21.6. The average Bonchev–Trinajstić information content (AvgIpc) is 2.78. The Bertz CT molecular complexity index is 813. The van der Waals surface area contributed by atoms with Crippen LogP contribution in [0.3, 0.4) is 0 Å². The van der Waals surface area contributed by atoms with Crippen LogP contribution in [0.25, 0.3) is 5.57 Å². The molecule has 2 heteroatoms. The zero-order valence-corrected chi connectivity index (χ0v) is 22.5. The van der Waals surface area contributed by atoms with E-state index in [0.29, 0.717) is 5.75 Å². The second kappa shape index (κ2) is 17.6. The van der Waals surface area contributed by atoms with Crippen LogP contribution in [0.5, 0.6) is 5.75 Å². The summed E-state index contributed by atoms with van der Waals surface area (Å²) in [6.45, 7) is 17.8. The van der Waals surface area contributed by atoms with Gasteiger partial charge in [0, 0.05) is 0 Å². The summed E-state index contributed by atoms with van der Waals surface area (Å²) in [5.74, 6) is 0.398. The van der Waals surface area contributed by atoms with Gasteiger partial charge in [0.2, 0.25) is 0 Å². The van der Waals surface area contributed by atoms with Gasteiger partial charge in [0.15, 0.2) is 0 Å². The van der Waals surface area contributed by atoms with E-state index in [9.17, 15) is 5.11 Å². The molecule has 0 aliphatic heterocycles. The molecule has 1 aliphatic carbocycles. The highest BCUT2D eigenvalue weighted by molar-refractivity contribution is 7.84. The molecule has 1 N–H and O–H groups in total. The standard InChI is InChI=1S/C12H16O.C9H12.C6H12.C3H6S/c1-4-9(3)11-6-7-12(13)10(5-2)8-11;1-7-4-5-8(2)9(3)6-7;1-2-4-6-5-3-1;1-3(2)4/h4,6-8,13H,5H2,1-3H3;4-6H,1-3H3;1-6H2;4H,1H2,2H3/b9-4+;;;. The van der Waals surface area contributed by atoms with Gasteiger partial charge < -0.3 is 5.11 Å². The van der Waals surface area contributed by atoms with Gasteiger partial charge in [-0.2, -0.15) is 0 Å². The molecule has 3 rings (SSSR count). The number of phenolic OH excluding ortho intramolecular Hbond substituents is 1. The van der Waals surface area contributed by atoms with Crippen LogP contribution in [-0.2, 0) is 6.42 Å². The molecule has 0 bridgehead atoms. The number of phenols is 1. The molecule has 0 radical (unpaired) electrons. The quantitative estimate of drug-likeness (QED) is 0.433. The molecule has 1 aliphatic rings. The zero-order chi connectivity index (χ0) is 24.5. The molecule has 2 aromatic carbocycles. The summed E-state index contributed by atoms with van der Waals surface area (Å²) >= 11 is 3.77. The van der Waals surface area contributed by atoms with Crippen molar-refractivity contribution in [3.8, 4) is 5.75 Å². The fourth-order valence-electron chi connectivity index (χ4n) is 3.23. The Labute approximate surface area is 204 Å². The van der Waals surface area contributed by atoms with Gasteiger partial charge >= 0.3 is 0 Å². The summed E-state index contributed by atoms with van der Waals surface area (Å²) in [5, 5.41) is 9.47. The van der Waals surface area contributed by atoms with Crippen molar-refractivity contribution in [1.29, 1.82) is 0 Å². The largest absolute Gasteiger partial charge is 0.508 e. The topological polar surface area (TPSA) is 20.2 Å². The lowest BCUT2D eigenvalue weighted by Crippen LogP contribution is -1.85. The van der Waals surface area contributed by atoms with E-state index in [-0.39, 0.29) is 0 Å². The minimum atomic E-state index is 0.398. The summed E-state index contributed by atoms with van der Waals surface area (Å²) in [7, 11) is 0. The Morgan fingerprint density at radius 3 is 1.78 bits per heavy atom. The summed E-state index contributed by atoms with van der Waals surface area (Å²) in [6, 6.07) is 12.3. The number of hydrogen-bond donors (Lipinski definition) is 2. The van der Waals surface area contributed by atoms with Gasteiger partial charge in [0.25, 0.3) is 0 Å². The van der Waals surface area contributed by atoms with E-state index in [4.69, 9.17) is 0 Å². The Morgan fingerprint density at radius 2 is 1.41 bits per heavy atom. The van der Waals surface area contributed by atoms with E-state index in [1.165, 1.54) is 66.4 Å². The van der Waals surface area contributed by atoms with Gasteiger partial charge in [-0.1, -0.05) is 87.9 Å². The molecule has 0 spiro atoms. The molecule has 0 unspecified atom stereocenters. The van der Waals surface area contributed by atoms with Crippen LogP contribution in [-0.4, -0.2) is 5.11 Å². The summed E-state index contributed by atoms with van der Waals surface area (Å²) in [4.78, 5) is 0.861. The molecule has 32 heavy (non-hydrogen) atoms. The van der Waals surface area contributed by atoms with Crippen molar-refractivity contribution >= 4 is 18.2 Å². The summed E-state index contributed by atoms with van der Waals surface area (Å²) in [5.41, 5.74) is 7.55. The van der Waals surface area contributed by atoms with E-state index >= 15 is 0 Å². The highest BCUT2D eigenvalue weighted by Crippen LogP contribution is 2.23. The molecule has 0 aromatic heterocycles. The van der Waals surface area contributed by atoms with Gasteiger partial charge in [-0.3, -0.25) is 0 Å². The molecule has 0 atom stereocenters. The van der Waals surface area contributed by atoms with Crippen LogP contribution in [0, 0.1) is 20.8 Å². The van der Waals surface area contributed by atoms with Crippen LogP contribution in [0.4, 0.5) is 0 Å². The normalized spacial score (nSPS) is 12.8. The van der Waals surface area contributed by atoms with Gasteiger partial charge in [0.05, 0.1) is 0 Å². The molecule has 1 fully saturated rings. The van der Waals surface area contributed by atoms with E-state index in [0.717, 1.165) is 16.9 Å². The molecule has 2 aromatic rings. The molecule has 0 heterocycles. The predicted molar refractivity (Wildman–Crippen MR) is 149 cm³/mol. The Kier molecular flexibility index (Phi) is 16.5. The number of allylic oxidation sites excluding steroid dienone is 3. The minimum absolute atomic E-state index is 0.398. The van der Waals surface area contributed by atoms with Crippen molar-refractivity contribution in [2.75, 3.05) is 0 Å². The van der Waals surface area contributed by atoms with Crippen LogP contribution >= 0.6 is 12.6 Å². The molecule has 1 nitrogen and oxygen atoms in total. The van der Waals surface area contributed by atoms with Crippen molar-refractivity contribution in [3.05, 3.63) is 81.8 Å². The lowest BCUT2D eigenvalue weighted by Gasteiger charge is -2.05. The smallest absolute Gasteiger partial charge is 0.118 e. The fourth-order valence-corrected chi connectivity index (χ4v) is 3.23. The number of benzene rings is 2. The van der Waals surface area contributed by atoms with Crippen molar-refractivity contribution in [1.82, 2.24) is 0 Å². The van der Waals surface area contributed by atoms with Crippen LogP contribution < -0.4 is 0 Å². The van der Waals surface area contributed by atoms with E-state index in [1.54, 1.807) is 6.07 Å². The first-order valence-electron chi connectivity index (χ1n) is 12.0. The third-order valence-corrected chi connectivity index (χ3v) is 5.51. The lowest BCUT2D eigenvalue weighted by atomic mass is 10.0. The first kappa shape index (κ1) is 30.1. The average molecular weight is 455 g/mol. The maximum Gasteiger partial charge on any atom is 0.118 e. The fraction of sp³-hybridized carbons (Fsp3) is 0.467. The predicted octanol–water partition coefficient (Wildman–Crippen LogP) is 9.78. The van der Waals surface area contributed by atoms with Gasteiger partial charge in [-0.15, -0.1) is 12.6 Å². The van der Waals surface area contributed by atoms with Crippen LogP contribution in [0.15, 0.2) is 54.0 Å². The van der Waals surface area contributed by atoms with Crippen molar-refractivity contribution in [3.63, 3.8) is 0 Å². The SMILES string of the molecule is C/C=C(\C)c1ccc(O)c(CC)c1.C1CCCCC1.C=C(C)S.Cc1ccc(C)c(C)c1. The number of aryl methyl sites for hydroxylation is 4. The lowest BCUT2D eigenvalue weighted by molar-refractivity contribution is 0.469. The van der Waals surface area contributed by atoms with Gasteiger partial charge in [0.1, 0.15) is 5.75 Å². The number of aromatic hydroxyl groups is 1. The summed E-state index contributed by atoms with van der Waals surface area (Å²) < 4.78 is 0. The first-order valence-corrected chi connectivity index (χ1v) is 12.4. The highest BCUT2D eigenvalue weighted by Gasteiger charge is 2.01.